The van der Waals surface area contributed by atoms with E-state index in [-0.39, 0.29) is 33.8 Å². The van der Waals surface area contributed by atoms with Crippen LogP contribution in [0.2, 0.25) is 0 Å². The zero-order valence-corrected chi connectivity index (χ0v) is 15.3. The van der Waals surface area contributed by atoms with Crippen molar-refractivity contribution in [2.45, 2.75) is 0 Å². The second-order valence-electron chi connectivity index (χ2n) is 6.02. The van der Waals surface area contributed by atoms with E-state index in [9.17, 15) is 19.2 Å². The molecule has 0 aliphatic heterocycles. The molecule has 0 aliphatic rings. The van der Waals surface area contributed by atoms with E-state index in [1.54, 1.807) is 0 Å². The molecule has 3 aromatic carbocycles. The minimum absolute atomic E-state index is 0.0347. The number of carboxylic acids is 2. The van der Waals surface area contributed by atoms with Gasteiger partial charge in [-0.25, -0.2) is 19.2 Å². The van der Waals surface area contributed by atoms with Crippen molar-refractivity contribution in [1.29, 1.82) is 0 Å². The van der Waals surface area contributed by atoms with Gasteiger partial charge >= 0.3 is 23.9 Å². The summed E-state index contributed by atoms with van der Waals surface area (Å²) in [6.45, 7) is 0. The maximum Gasteiger partial charge on any atom is 0.343 e. The van der Waals surface area contributed by atoms with Crippen LogP contribution in [-0.4, -0.2) is 34.1 Å². The molecular weight excluding hydrogens is 392 g/mol. The minimum atomic E-state index is -1.17. The molecule has 0 radical (unpaired) electrons. The summed E-state index contributed by atoms with van der Waals surface area (Å²) in [6.07, 6.45) is 0. The molecule has 3 rings (SSSR count). The van der Waals surface area contributed by atoms with Gasteiger partial charge < -0.3 is 19.7 Å². The number of rotatable bonds is 6. The van der Waals surface area contributed by atoms with Crippen LogP contribution in [0.5, 0.6) is 11.5 Å². The van der Waals surface area contributed by atoms with Crippen LogP contribution in [0.15, 0.2) is 72.8 Å². The molecule has 0 fully saturated rings. The Kier molecular flexibility index (Phi) is 5.88. The van der Waals surface area contributed by atoms with Gasteiger partial charge in [-0.3, -0.25) is 0 Å². The van der Waals surface area contributed by atoms with E-state index >= 15 is 0 Å². The minimum Gasteiger partial charge on any atom is -0.478 e. The number of ether oxygens (including phenoxy) is 2. The summed E-state index contributed by atoms with van der Waals surface area (Å²) in [5.41, 5.74) is 0.178. The lowest BCUT2D eigenvalue weighted by Gasteiger charge is -2.08. The Morgan fingerprint density at radius 3 is 1.57 bits per heavy atom. The molecule has 8 heteroatoms. The van der Waals surface area contributed by atoms with Gasteiger partial charge in [0, 0.05) is 6.07 Å². The van der Waals surface area contributed by atoms with Crippen LogP contribution in [0.3, 0.4) is 0 Å². The molecule has 0 unspecified atom stereocenters. The number of carbonyl (C=O) groups is 4. The maximum atomic E-state index is 12.3. The molecule has 0 aliphatic carbocycles. The van der Waals surface area contributed by atoms with Crippen molar-refractivity contribution in [2.75, 3.05) is 0 Å². The van der Waals surface area contributed by atoms with Crippen LogP contribution >= 0.6 is 0 Å². The number of hydrogen-bond donors (Lipinski definition) is 2. The van der Waals surface area contributed by atoms with Crippen molar-refractivity contribution in [3.63, 3.8) is 0 Å². The molecule has 0 spiro atoms. The Morgan fingerprint density at radius 2 is 1.00 bits per heavy atom. The molecular formula is C22H14O8. The van der Waals surface area contributed by atoms with Gasteiger partial charge in [-0.05, 0) is 54.6 Å². The highest BCUT2D eigenvalue weighted by Crippen LogP contribution is 2.22. The fourth-order valence-electron chi connectivity index (χ4n) is 2.46. The van der Waals surface area contributed by atoms with Crippen molar-refractivity contribution >= 4 is 23.9 Å². The first kappa shape index (κ1) is 20.3. The molecule has 0 saturated heterocycles. The molecule has 0 atom stereocenters. The zero-order valence-electron chi connectivity index (χ0n) is 15.3. The average Bonchev–Trinajstić information content (AvgIpc) is 2.74. The smallest absolute Gasteiger partial charge is 0.343 e. The first-order chi connectivity index (χ1) is 14.3. The Bertz CT molecular complexity index is 1130. The van der Waals surface area contributed by atoms with Crippen LogP contribution in [-0.2, 0) is 0 Å². The summed E-state index contributed by atoms with van der Waals surface area (Å²) in [6, 6.07) is 16.4. The summed E-state index contributed by atoms with van der Waals surface area (Å²) in [5.74, 6) is -3.58. The Labute approximate surface area is 169 Å². The fraction of sp³-hybridized carbons (Fsp3) is 0. The van der Waals surface area contributed by atoms with E-state index in [0.29, 0.717) is 0 Å². The number of aromatic carboxylic acids is 2. The van der Waals surface area contributed by atoms with Crippen molar-refractivity contribution in [1.82, 2.24) is 0 Å². The number of carboxylic acid groups (broad SMARTS) is 2. The van der Waals surface area contributed by atoms with E-state index in [1.807, 2.05) is 0 Å². The lowest BCUT2D eigenvalue weighted by Crippen LogP contribution is -2.11. The predicted molar refractivity (Wildman–Crippen MR) is 103 cm³/mol. The summed E-state index contributed by atoms with van der Waals surface area (Å²) in [4.78, 5) is 46.4. The summed E-state index contributed by atoms with van der Waals surface area (Å²) >= 11 is 0. The first-order valence-corrected chi connectivity index (χ1v) is 8.54. The molecule has 30 heavy (non-hydrogen) atoms. The average molecular weight is 406 g/mol. The molecule has 0 aromatic heterocycles. The molecule has 0 amide bonds. The van der Waals surface area contributed by atoms with Gasteiger partial charge in [0.2, 0.25) is 0 Å². The molecule has 3 aromatic rings. The SMILES string of the molecule is O=C(O)c1ccc(C(=O)Oc2cccc(OC(=O)c3cccc(C(=O)O)c3)c2)cc1. The van der Waals surface area contributed by atoms with Crippen LogP contribution in [0.1, 0.15) is 41.4 Å². The molecule has 0 heterocycles. The van der Waals surface area contributed by atoms with E-state index in [4.69, 9.17) is 19.7 Å². The summed E-state index contributed by atoms with van der Waals surface area (Å²) in [5, 5.41) is 17.9. The lowest BCUT2D eigenvalue weighted by atomic mass is 10.1. The van der Waals surface area contributed by atoms with Crippen LogP contribution < -0.4 is 9.47 Å². The molecule has 2 N–H and O–H groups in total. The second kappa shape index (κ2) is 8.70. The van der Waals surface area contributed by atoms with Gasteiger partial charge in [-0.15, -0.1) is 0 Å². The first-order valence-electron chi connectivity index (χ1n) is 8.54. The highest BCUT2D eigenvalue weighted by atomic mass is 16.5. The van der Waals surface area contributed by atoms with Gasteiger partial charge in [0.25, 0.3) is 0 Å². The van der Waals surface area contributed by atoms with Gasteiger partial charge in [0.15, 0.2) is 0 Å². The number of benzene rings is 3. The number of carbonyl (C=O) groups excluding carboxylic acids is 2. The van der Waals surface area contributed by atoms with E-state index in [2.05, 4.69) is 0 Å². The molecule has 150 valence electrons. The van der Waals surface area contributed by atoms with Crippen LogP contribution in [0.4, 0.5) is 0 Å². The maximum absolute atomic E-state index is 12.3. The molecule has 8 nitrogen and oxygen atoms in total. The molecule has 0 bridgehead atoms. The predicted octanol–water partition coefficient (Wildman–Crippen LogP) is 3.52. The fourth-order valence-corrected chi connectivity index (χ4v) is 2.46. The van der Waals surface area contributed by atoms with E-state index in [0.717, 1.165) is 0 Å². The number of esters is 2. The molecule has 0 saturated carbocycles. The topological polar surface area (TPSA) is 127 Å². The van der Waals surface area contributed by atoms with Crippen molar-refractivity contribution in [3.8, 4) is 11.5 Å². The van der Waals surface area contributed by atoms with Gasteiger partial charge in [0.05, 0.1) is 22.3 Å². The van der Waals surface area contributed by atoms with Gasteiger partial charge in [0.1, 0.15) is 11.5 Å². The third-order valence-electron chi connectivity index (χ3n) is 3.94. The highest BCUT2D eigenvalue weighted by molar-refractivity contribution is 5.96. The monoisotopic (exact) mass is 406 g/mol. The van der Waals surface area contributed by atoms with Crippen molar-refractivity contribution in [2.24, 2.45) is 0 Å². The Morgan fingerprint density at radius 1 is 0.533 bits per heavy atom. The Balaban J connectivity index is 1.70. The van der Waals surface area contributed by atoms with Gasteiger partial charge in [-0.1, -0.05) is 12.1 Å². The van der Waals surface area contributed by atoms with Gasteiger partial charge in [-0.2, -0.15) is 0 Å². The lowest BCUT2D eigenvalue weighted by molar-refractivity contribution is 0.0684. The highest BCUT2D eigenvalue weighted by Gasteiger charge is 2.14. The van der Waals surface area contributed by atoms with E-state index < -0.39 is 23.9 Å². The standard InChI is InChI=1S/C22H14O8/c23-19(24)13-7-9-14(10-8-13)21(27)29-17-5-2-6-18(12-17)30-22(28)16-4-1-3-15(11-16)20(25)26/h1-12H,(H,23,24)(H,25,26). The van der Waals surface area contributed by atoms with Crippen LogP contribution in [0.25, 0.3) is 0 Å². The van der Waals surface area contributed by atoms with Crippen molar-refractivity contribution in [3.05, 3.63) is 95.1 Å². The quantitative estimate of drug-likeness (QED) is 0.470. The zero-order chi connectivity index (χ0) is 21.7. The summed E-state index contributed by atoms with van der Waals surface area (Å²) in [7, 11) is 0. The second-order valence-corrected chi connectivity index (χ2v) is 6.02. The van der Waals surface area contributed by atoms with Crippen LogP contribution in [0, 0.1) is 0 Å². The third kappa shape index (κ3) is 4.87. The largest absolute Gasteiger partial charge is 0.478 e. The summed E-state index contributed by atoms with van der Waals surface area (Å²) < 4.78 is 10.4. The number of hydrogen-bond acceptors (Lipinski definition) is 6. The van der Waals surface area contributed by atoms with E-state index in [1.165, 1.54) is 72.8 Å². The third-order valence-corrected chi connectivity index (χ3v) is 3.94. The Hall–Kier alpha value is -4.46. The normalized spacial score (nSPS) is 10.1. The van der Waals surface area contributed by atoms with Crippen molar-refractivity contribution < 1.29 is 38.9 Å².